The summed E-state index contributed by atoms with van der Waals surface area (Å²) in [5.41, 5.74) is 1.90. The van der Waals surface area contributed by atoms with Gasteiger partial charge in [0.25, 0.3) is 0 Å². The van der Waals surface area contributed by atoms with Gasteiger partial charge in [0.15, 0.2) is 0 Å². The Bertz CT molecular complexity index is 474. The van der Waals surface area contributed by atoms with Crippen molar-refractivity contribution in [2.24, 2.45) is 0 Å². The number of aromatic hydroxyl groups is 2. The van der Waals surface area contributed by atoms with E-state index in [9.17, 15) is 10.2 Å². The molecule has 0 radical (unpaired) electrons. The highest BCUT2D eigenvalue weighted by atomic mass is 16.3. The van der Waals surface area contributed by atoms with Gasteiger partial charge in [0, 0.05) is 6.20 Å². The van der Waals surface area contributed by atoms with Crippen LogP contribution >= 0.6 is 0 Å². The van der Waals surface area contributed by atoms with E-state index in [1.165, 1.54) is 12.1 Å². The fourth-order valence-electron chi connectivity index (χ4n) is 1.52. The first kappa shape index (κ1) is 9.52. The molecule has 76 valence electrons. The molecule has 0 saturated heterocycles. The number of hydrogen-bond acceptors (Lipinski definition) is 3. The maximum Gasteiger partial charge on any atom is 0.128 e. The van der Waals surface area contributed by atoms with E-state index < -0.39 is 0 Å². The molecule has 0 amide bonds. The summed E-state index contributed by atoms with van der Waals surface area (Å²) in [5, 5.41) is 19.3. The Kier molecular flexibility index (Phi) is 2.29. The highest BCUT2D eigenvalue weighted by Gasteiger charge is 2.12. The van der Waals surface area contributed by atoms with Crippen LogP contribution in [0.5, 0.6) is 11.5 Å². The van der Waals surface area contributed by atoms with Crippen LogP contribution in [0.15, 0.2) is 36.5 Å². The number of phenols is 2. The number of aryl methyl sites for hydroxylation is 1. The largest absolute Gasteiger partial charge is 0.507 e. The van der Waals surface area contributed by atoms with Crippen LogP contribution in [0.2, 0.25) is 0 Å². The summed E-state index contributed by atoms with van der Waals surface area (Å²) >= 11 is 0. The number of phenolic OH excluding ortho intramolecular Hbond substituents is 2. The summed E-state index contributed by atoms with van der Waals surface area (Å²) in [5.74, 6) is 0.0774. The molecule has 2 aromatic rings. The second-order valence-electron chi connectivity index (χ2n) is 3.34. The molecule has 0 bridgehead atoms. The zero-order valence-electron chi connectivity index (χ0n) is 8.31. The predicted octanol–water partition coefficient (Wildman–Crippen LogP) is 2.47. The topological polar surface area (TPSA) is 53.4 Å². The smallest absolute Gasteiger partial charge is 0.128 e. The summed E-state index contributed by atoms with van der Waals surface area (Å²) in [6.07, 6.45) is 1.63. The second-order valence-corrected chi connectivity index (χ2v) is 3.34. The lowest BCUT2D eigenvalue weighted by Crippen LogP contribution is -1.88. The Labute approximate surface area is 87.7 Å². The molecule has 0 saturated carbocycles. The molecule has 1 aromatic heterocycles. The molecule has 0 aliphatic rings. The van der Waals surface area contributed by atoms with Crippen LogP contribution in [0.3, 0.4) is 0 Å². The Morgan fingerprint density at radius 1 is 1.00 bits per heavy atom. The van der Waals surface area contributed by atoms with Crippen molar-refractivity contribution < 1.29 is 10.2 Å². The normalized spacial score (nSPS) is 10.2. The van der Waals surface area contributed by atoms with Gasteiger partial charge in [0.2, 0.25) is 0 Å². The summed E-state index contributed by atoms with van der Waals surface area (Å²) in [6, 6.07) is 8.35. The van der Waals surface area contributed by atoms with Gasteiger partial charge in [0.1, 0.15) is 11.5 Å². The van der Waals surface area contributed by atoms with E-state index in [2.05, 4.69) is 4.98 Å². The third kappa shape index (κ3) is 1.64. The van der Waals surface area contributed by atoms with Crippen molar-refractivity contribution in [2.75, 3.05) is 0 Å². The van der Waals surface area contributed by atoms with Crippen LogP contribution in [-0.4, -0.2) is 15.2 Å². The molecule has 0 spiro atoms. The standard InChI is InChI=1S/C12H11NO2/c1-8-4-3-7-13-12(8)11-9(14)5-2-6-10(11)15/h2-7,14-15H,1H3. The molecule has 1 heterocycles. The fraction of sp³-hybridized carbons (Fsp3) is 0.0833. The lowest BCUT2D eigenvalue weighted by molar-refractivity contribution is 0.454. The predicted molar refractivity (Wildman–Crippen MR) is 57.7 cm³/mol. The monoisotopic (exact) mass is 201 g/mol. The van der Waals surface area contributed by atoms with Gasteiger partial charge in [0.05, 0.1) is 11.3 Å². The minimum absolute atomic E-state index is 0.0387. The molecule has 0 fully saturated rings. The number of benzene rings is 1. The maximum absolute atomic E-state index is 9.67. The molecule has 0 aliphatic heterocycles. The summed E-state index contributed by atoms with van der Waals surface area (Å²) in [4.78, 5) is 4.15. The van der Waals surface area contributed by atoms with Gasteiger partial charge in [-0.1, -0.05) is 12.1 Å². The number of rotatable bonds is 1. The third-order valence-electron chi connectivity index (χ3n) is 2.27. The van der Waals surface area contributed by atoms with E-state index >= 15 is 0 Å². The van der Waals surface area contributed by atoms with Crippen molar-refractivity contribution in [3.05, 3.63) is 42.1 Å². The zero-order chi connectivity index (χ0) is 10.8. The quantitative estimate of drug-likeness (QED) is 0.745. The third-order valence-corrected chi connectivity index (χ3v) is 2.27. The van der Waals surface area contributed by atoms with Gasteiger partial charge >= 0.3 is 0 Å². The number of aromatic nitrogens is 1. The Morgan fingerprint density at radius 3 is 2.27 bits per heavy atom. The summed E-state index contributed by atoms with van der Waals surface area (Å²) < 4.78 is 0. The van der Waals surface area contributed by atoms with Crippen LogP contribution < -0.4 is 0 Å². The number of pyridine rings is 1. The van der Waals surface area contributed by atoms with Crippen molar-refractivity contribution in [1.29, 1.82) is 0 Å². The molecule has 3 heteroatoms. The fourth-order valence-corrected chi connectivity index (χ4v) is 1.52. The highest BCUT2D eigenvalue weighted by molar-refractivity contribution is 5.75. The zero-order valence-corrected chi connectivity index (χ0v) is 8.31. The van der Waals surface area contributed by atoms with E-state index in [1.54, 1.807) is 12.3 Å². The average Bonchev–Trinajstić information content (AvgIpc) is 2.20. The van der Waals surface area contributed by atoms with Crippen LogP contribution in [0, 0.1) is 6.92 Å². The van der Waals surface area contributed by atoms with Gasteiger partial charge in [-0.25, -0.2) is 0 Å². The minimum atomic E-state index is 0.0387. The van der Waals surface area contributed by atoms with Crippen molar-refractivity contribution in [3.8, 4) is 22.8 Å². The Morgan fingerprint density at radius 2 is 1.67 bits per heavy atom. The van der Waals surface area contributed by atoms with E-state index in [0.29, 0.717) is 11.3 Å². The van der Waals surface area contributed by atoms with E-state index in [4.69, 9.17) is 0 Å². The Balaban J connectivity index is 2.69. The lowest BCUT2D eigenvalue weighted by atomic mass is 10.0. The highest BCUT2D eigenvalue weighted by Crippen LogP contribution is 2.36. The lowest BCUT2D eigenvalue weighted by Gasteiger charge is -2.08. The van der Waals surface area contributed by atoms with Gasteiger partial charge in [-0.2, -0.15) is 0 Å². The van der Waals surface area contributed by atoms with Crippen LogP contribution in [-0.2, 0) is 0 Å². The van der Waals surface area contributed by atoms with E-state index in [0.717, 1.165) is 5.56 Å². The molecule has 3 nitrogen and oxygen atoms in total. The molecule has 0 atom stereocenters. The second kappa shape index (κ2) is 3.61. The number of nitrogens with zero attached hydrogens (tertiary/aromatic N) is 1. The molecule has 0 unspecified atom stereocenters. The average molecular weight is 201 g/mol. The van der Waals surface area contributed by atoms with Crippen molar-refractivity contribution >= 4 is 0 Å². The molecular weight excluding hydrogens is 190 g/mol. The van der Waals surface area contributed by atoms with Crippen LogP contribution in [0.25, 0.3) is 11.3 Å². The maximum atomic E-state index is 9.67. The van der Waals surface area contributed by atoms with Crippen molar-refractivity contribution in [1.82, 2.24) is 4.98 Å². The SMILES string of the molecule is Cc1cccnc1-c1c(O)cccc1O. The molecule has 15 heavy (non-hydrogen) atoms. The molecule has 2 N–H and O–H groups in total. The van der Waals surface area contributed by atoms with Crippen molar-refractivity contribution in [3.63, 3.8) is 0 Å². The van der Waals surface area contributed by atoms with Gasteiger partial charge in [-0.15, -0.1) is 0 Å². The molecule has 2 rings (SSSR count). The van der Waals surface area contributed by atoms with E-state index in [1.807, 2.05) is 19.1 Å². The van der Waals surface area contributed by atoms with Crippen LogP contribution in [0.4, 0.5) is 0 Å². The summed E-state index contributed by atoms with van der Waals surface area (Å²) in [7, 11) is 0. The van der Waals surface area contributed by atoms with Gasteiger partial charge in [-0.3, -0.25) is 4.98 Å². The van der Waals surface area contributed by atoms with Crippen molar-refractivity contribution in [2.45, 2.75) is 6.92 Å². The molecular formula is C12H11NO2. The first-order valence-corrected chi connectivity index (χ1v) is 4.63. The first-order valence-electron chi connectivity index (χ1n) is 4.63. The molecule has 1 aromatic carbocycles. The van der Waals surface area contributed by atoms with E-state index in [-0.39, 0.29) is 11.5 Å². The molecule has 0 aliphatic carbocycles. The van der Waals surface area contributed by atoms with Crippen LogP contribution in [0.1, 0.15) is 5.56 Å². The first-order chi connectivity index (χ1) is 7.20. The summed E-state index contributed by atoms with van der Waals surface area (Å²) in [6.45, 7) is 1.88. The number of hydrogen-bond donors (Lipinski definition) is 2. The minimum Gasteiger partial charge on any atom is -0.507 e. The Hall–Kier alpha value is -2.03. The van der Waals surface area contributed by atoms with Gasteiger partial charge in [-0.05, 0) is 30.7 Å². The van der Waals surface area contributed by atoms with Gasteiger partial charge < -0.3 is 10.2 Å².